The third kappa shape index (κ3) is 46.7. The van der Waals surface area contributed by atoms with Gasteiger partial charge in [0, 0.05) is 24.0 Å². The number of aliphatic carboxylic acids is 2. The first-order valence-electron chi connectivity index (χ1n) is 24.1. The molecule has 7 heteroatoms. The van der Waals surface area contributed by atoms with Crippen molar-refractivity contribution >= 4 is 49.7 Å². The van der Waals surface area contributed by atoms with Crippen molar-refractivity contribution in [2.75, 3.05) is 26.2 Å². The van der Waals surface area contributed by atoms with Gasteiger partial charge in [0.25, 0.3) is 0 Å². The van der Waals surface area contributed by atoms with Crippen LogP contribution in [-0.2, 0) is 9.59 Å². The second-order valence-electron chi connectivity index (χ2n) is 16.8. The fourth-order valence-corrected chi connectivity index (χ4v) is 7.64. The maximum absolute atomic E-state index is 10.7. The minimum absolute atomic E-state index is 0. The quantitative estimate of drug-likeness (QED) is 0.0451. The number of nitrogens with zero attached hydrogens (tertiary/aromatic N) is 2. The van der Waals surface area contributed by atoms with Gasteiger partial charge in [-0.3, -0.25) is 0 Å². The zero-order valence-corrected chi connectivity index (χ0v) is 40.5. The van der Waals surface area contributed by atoms with Gasteiger partial charge in [-0.05, 0) is 104 Å². The summed E-state index contributed by atoms with van der Waals surface area (Å²) in [7, 11) is 0. The number of carboxylic acids is 2. The van der Waals surface area contributed by atoms with Crippen molar-refractivity contribution in [1.82, 2.24) is 9.80 Å². The number of unbranched alkanes of at least 4 members (excludes halogenated alkanes) is 24. The molecule has 0 radical (unpaired) electrons. The Kier molecular flexibility index (Phi) is 52.4. The monoisotopic (exact) mass is 805 g/mol. The van der Waals surface area contributed by atoms with Crippen LogP contribution in [0.2, 0.25) is 0 Å². The molecule has 0 aromatic rings. The topological polar surface area (TPSA) is 86.7 Å². The van der Waals surface area contributed by atoms with E-state index >= 15 is 0 Å². The Morgan fingerprint density at radius 2 is 0.564 bits per heavy atom. The van der Waals surface area contributed by atoms with E-state index in [0.29, 0.717) is 12.1 Å². The second-order valence-corrected chi connectivity index (χ2v) is 16.8. The van der Waals surface area contributed by atoms with E-state index in [2.05, 4.69) is 51.3 Å². The van der Waals surface area contributed by atoms with Gasteiger partial charge in [-0.15, -0.1) is 0 Å². The van der Waals surface area contributed by atoms with Crippen LogP contribution < -0.4 is 10.2 Å². The van der Waals surface area contributed by atoms with E-state index in [9.17, 15) is 19.8 Å². The summed E-state index contributed by atoms with van der Waals surface area (Å²) in [6.45, 7) is 18.3. The van der Waals surface area contributed by atoms with Gasteiger partial charge in [0.2, 0.25) is 0 Å². The van der Waals surface area contributed by atoms with Crippen molar-refractivity contribution in [3.63, 3.8) is 0 Å². The summed E-state index contributed by atoms with van der Waals surface area (Å²) >= 11 is 0. The van der Waals surface area contributed by atoms with Gasteiger partial charge in [0.1, 0.15) is 0 Å². The molecular weight excluding hydrogens is 709 g/mol. The van der Waals surface area contributed by atoms with E-state index in [-0.39, 0.29) is 50.6 Å². The summed E-state index contributed by atoms with van der Waals surface area (Å²) < 4.78 is 0. The molecule has 2 atom stereocenters. The number of hydrogen-bond acceptors (Lipinski definition) is 6. The predicted molar refractivity (Wildman–Crippen MR) is 238 cm³/mol. The summed E-state index contributed by atoms with van der Waals surface area (Å²) in [4.78, 5) is 26.6. The van der Waals surface area contributed by atoms with Crippen LogP contribution in [0.5, 0.6) is 0 Å². The number of carbonyl (C=O) groups is 2. The second kappa shape index (κ2) is 48.5. The number of hydrogen-bond donors (Lipinski definition) is 0. The normalized spacial score (nSPS) is 12.4. The molecule has 0 aromatic carbocycles. The summed E-state index contributed by atoms with van der Waals surface area (Å²) in [5.74, 6) is -1.82. The van der Waals surface area contributed by atoms with Crippen molar-refractivity contribution in [1.29, 1.82) is 0 Å². The fraction of sp³-hybridized carbons (Fsp3) is 0.958. The Hall–Kier alpha value is 0.120. The fourth-order valence-electron chi connectivity index (χ4n) is 7.64. The molecule has 0 N–H and O–H groups in total. The van der Waals surface area contributed by atoms with E-state index in [1.54, 1.807) is 0 Å². The Morgan fingerprint density at radius 1 is 0.364 bits per heavy atom. The molecule has 0 rings (SSSR count). The molecule has 0 aromatic heterocycles. The van der Waals surface area contributed by atoms with Crippen LogP contribution in [0.3, 0.4) is 0 Å². The minimum Gasteiger partial charge on any atom is -0.550 e. The van der Waals surface area contributed by atoms with Crippen molar-refractivity contribution in [3.8, 4) is 0 Å². The SMILES string of the molecule is CCCCCCCCCN(CCCCCCCCC)C(C)CCCC(=O)[O-].CCCCCCCCCN(CCCCCCCCC)C(C)CCCC(=O)[O-].[Ca+2]. The molecule has 0 amide bonds. The number of carbonyl (C=O) groups excluding carboxylic acids is 2. The van der Waals surface area contributed by atoms with Crippen LogP contribution in [0, 0.1) is 0 Å². The van der Waals surface area contributed by atoms with Gasteiger partial charge in [-0.1, -0.05) is 182 Å². The van der Waals surface area contributed by atoms with E-state index < -0.39 is 11.9 Å². The van der Waals surface area contributed by atoms with Crippen LogP contribution in [0.25, 0.3) is 0 Å². The van der Waals surface area contributed by atoms with E-state index in [0.717, 1.165) is 25.7 Å². The molecule has 0 spiro atoms. The Labute approximate surface area is 374 Å². The first-order chi connectivity index (χ1) is 26.2. The summed E-state index contributed by atoms with van der Waals surface area (Å²) in [5.41, 5.74) is 0. The summed E-state index contributed by atoms with van der Waals surface area (Å²) in [6.07, 6.45) is 41.6. The molecule has 324 valence electrons. The van der Waals surface area contributed by atoms with Crippen LogP contribution in [0.1, 0.15) is 260 Å². The molecule has 2 unspecified atom stereocenters. The molecule has 0 fully saturated rings. The standard InChI is InChI=1S/2C24H49NO2.Ca/c2*1-4-6-8-10-12-14-16-21-25(23(3)19-18-20-24(26)27)22-17-15-13-11-9-7-5-2;/h2*23H,4-22H2,1-3H3,(H,26,27);/q;;+2/p-2. The summed E-state index contributed by atoms with van der Waals surface area (Å²) in [6, 6.07) is 0.981. The molecular formula is C48H96CaN2O4. The first kappa shape index (κ1) is 59.4. The minimum atomic E-state index is -0.909. The average Bonchev–Trinajstić information content (AvgIpc) is 3.14. The van der Waals surface area contributed by atoms with Crippen molar-refractivity contribution in [2.45, 2.75) is 272 Å². The van der Waals surface area contributed by atoms with Gasteiger partial charge in [0.15, 0.2) is 0 Å². The Balaban J connectivity index is -0.000000966. The molecule has 0 aliphatic rings. The number of carboxylic acid groups (broad SMARTS) is 2. The van der Waals surface area contributed by atoms with Crippen LogP contribution in [0.4, 0.5) is 0 Å². The molecule has 55 heavy (non-hydrogen) atoms. The van der Waals surface area contributed by atoms with Gasteiger partial charge in [-0.2, -0.15) is 0 Å². The van der Waals surface area contributed by atoms with E-state index in [1.165, 1.54) is 206 Å². The van der Waals surface area contributed by atoms with Crippen LogP contribution in [-0.4, -0.2) is 97.7 Å². The number of rotatable bonds is 42. The Bertz CT molecular complexity index is 672. The largest absolute Gasteiger partial charge is 2.00 e. The third-order valence-corrected chi connectivity index (χ3v) is 11.4. The van der Waals surface area contributed by atoms with Gasteiger partial charge >= 0.3 is 37.7 Å². The molecule has 0 heterocycles. The zero-order valence-electron chi connectivity index (χ0n) is 38.3. The zero-order chi connectivity index (χ0) is 40.3. The van der Waals surface area contributed by atoms with Crippen molar-refractivity contribution in [3.05, 3.63) is 0 Å². The van der Waals surface area contributed by atoms with Crippen molar-refractivity contribution in [2.24, 2.45) is 0 Å². The van der Waals surface area contributed by atoms with Gasteiger partial charge in [0.05, 0.1) is 0 Å². The predicted octanol–water partition coefficient (Wildman–Crippen LogP) is 11.8. The molecule has 0 saturated heterocycles. The van der Waals surface area contributed by atoms with E-state index in [1.807, 2.05) is 0 Å². The molecule has 6 nitrogen and oxygen atoms in total. The van der Waals surface area contributed by atoms with Crippen LogP contribution >= 0.6 is 0 Å². The van der Waals surface area contributed by atoms with E-state index in [4.69, 9.17) is 0 Å². The molecule has 0 aliphatic heterocycles. The maximum atomic E-state index is 10.7. The summed E-state index contributed by atoms with van der Waals surface area (Å²) in [5, 5.41) is 21.3. The van der Waals surface area contributed by atoms with Gasteiger partial charge < -0.3 is 29.6 Å². The van der Waals surface area contributed by atoms with Crippen molar-refractivity contribution < 1.29 is 19.8 Å². The third-order valence-electron chi connectivity index (χ3n) is 11.4. The molecule has 0 saturated carbocycles. The first-order valence-corrected chi connectivity index (χ1v) is 24.1. The Morgan fingerprint density at radius 3 is 0.764 bits per heavy atom. The maximum Gasteiger partial charge on any atom is 2.00 e. The smallest absolute Gasteiger partial charge is 0.550 e. The molecule has 0 bridgehead atoms. The molecule has 0 aliphatic carbocycles. The average molecular weight is 805 g/mol. The van der Waals surface area contributed by atoms with Gasteiger partial charge in [-0.25, -0.2) is 0 Å². The van der Waals surface area contributed by atoms with Crippen LogP contribution in [0.15, 0.2) is 0 Å².